The monoisotopic (exact) mass is 263 g/mol. The summed E-state index contributed by atoms with van der Waals surface area (Å²) in [6.07, 6.45) is 0.408. The molecule has 0 saturated carbocycles. The van der Waals surface area contributed by atoms with Gasteiger partial charge in [-0.2, -0.15) is 0 Å². The smallest absolute Gasteiger partial charge is 0.227 e. The number of rotatable bonds is 4. The van der Waals surface area contributed by atoms with Crippen molar-refractivity contribution in [2.75, 3.05) is 45.1 Å². The van der Waals surface area contributed by atoms with Gasteiger partial charge in [-0.05, 0) is 17.7 Å². The van der Waals surface area contributed by atoms with Crippen molar-refractivity contribution in [1.82, 2.24) is 9.80 Å². The first-order valence-electron chi connectivity index (χ1n) is 6.64. The molecule has 0 aromatic heterocycles. The van der Waals surface area contributed by atoms with E-state index >= 15 is 0 Å². The minimum absolute atomic E-state index is 0.147. The molecule has 0 unspecified atom stereocenters. The number of hydrogen-bond acceptors (Lipinski definition) is 4. The molecule has 0 bridgehead atoms. The molecule has 104 valence electrons. The van der Waals surface area contributed by atoms with Crippen LogP contribution in [0.3, 0.4) is 0 Å². The van der Waals surface area contributed by atoms with Gasteiger partial charge in [-0.3, -0.25) is 9.69 Å². The second kappa shape index (κ2) is 6.54. The molecular weight excluding hydrogens is 242 g/mol. The van der Waals surface area contributed by atoms with E-state index in [9.17, 15) is 4.79 Å². The molecule has 0 atom stereocenters. The summed E-state index contributed by atoms with van der Waals surface area (Å²) < 4.78 is 0. The third-order valence-electron chi connectivity index (χ3n) is 3.45. The molecular formula is C14H21N3O2. The molecule has 0 aliphatic carbocycles. The van der Waals surface area contributed by atoms with Gasteiger partial charge >= 0.3 is 0 Å². The van der Waals surface area contributed by atoms with Crippen molar-refractivity contribution in [3.05, 3.63) is 29.8 Å². The van der Waals surface area contributed by atoms with E-state index in [1.54, 1.807) is 0 Å². The van der Waals surface area contributed by atoms with Crippen LogP contribution >= 0.6 is 0 Å². The van der Waals surface area contributed by atoms with Crippen LogP contribution in [-0.4, -0.2) is 60.1 Å². The predicted molar refractivity (Wildman–Crippen MR) is 74.7 cm³/mol. The van der Waals surface area contributed by atoms with Crippen LogP contribution in [-0.2, 0) is 11.2 Å². The first kappa shape index (κ1) is 13.8. The third-order valence-corrected chi connectivity index (χ3v) is 3.45. The molecule has 5 nitrogen and oxygen atoms in total. The predicted octanol–water partition coefficient (Wildman–Crippen LogP) is -0.0522. The molecule has 0 spiro atoms. The molecule has 1 saturated heterocycles. The maximum Gasteiger partial charge on any atom is 0.227 e. The summed E-state index contributed by atoms with van der Waals surface area (Å²) in [6.45, 7) is 4.02. The number of aliphatic hydroxyl groups excluding tert-OH is 1. The van der Waals surface area contributed by atoms with Gasteiger partial charge in [0.1, 0.15) is 0 Å². The highest BCUT2D eigenvalue weighted by molar-refractivity contribution is 5.79. The third kappa shape index (κ3) is 3.94. The van der Waals surface area contributed by atoms with Gasteiger partial charge in [-0.25, -0.2) is 0 Å². The van der Waals surface area contributed by atoms with Gasteiger partial charge in [0.2, 0.25) is 5.91 Å². The Morgan fingerprint density at radius 1 is 1.26 bits per heavy atom. The molecule has 1 fully saturated rings. The molecule has 3 N–H and O–H groups in total. The van der Waals surface area contributed by atoms with E-state index < -0.39 is 0 Å². The Morgan fingerprint density at radius 3 is 2.63 bits per heavy atom. The van der Waals surface area contributed by atoms with Gasteiger partial charge < -0.3 is 15.7 Å². The number of carbonyl (C=O) groups is 1. The van der Waals surface area contributed by atoms with E-state index in [4.69, 9.17) is 10.8 Å². The van der Waals surface area contributed by atoms with E-state index in [1.165, 1.54) is 0 Å². The lowest BCUT2D eigenvalue weighted by Gasteiger charge is -2.34. The molecule has 1 amide bonds. The summed E-state index contributed by atoms with van der Waals surface area (Å²) in [5.41, 5.74) is 7.36. The summed E-state index contributed by atoms with van der Waals surface area (Å²) in [4.78, 5) is 16.2. The molecule has 1 aromatic carbocycles. The quantitative estimate of drug-likeness (QED) is 0.747. The summed E-state index contributed by atoms with van der Waals surface area (Å²) in [5.74, 6) is 0.147. The Kier molecular flexibility index (Phi) is 4.76. The lowest BCUT2D eigenvalue weighted by molar-refractivity contribution is -0.132. The number of nitrogens with zero attached hydrogens (tertiary/aromatic N) is 2. The van der Waals surface area contributed by atoms with E-state index in [-0.39, 0.29) is 12.5 Å². The molecule has 1 aromatic rings. The van der Waals surface area contributed by atoms with Gasteiger partial charge in [0.15, 0.2) is 0 Å². The SMILES string of the molecule is Nc1cccc(CC(=O)N2CCN(CCO)CC2)c1. The second-order valence-corrected chi connectivity index (χ2v) is 4.87. The van der Waals surface area contributed by atoms with Crippen molar-refractivity contribution in [2.24, 2.45) is 0 Å². The summed E-state index contributed by atoms with van der Waals surface area (Å²) in [5, 5.41) is 8.88. The Morgan fingerprint density at radius 2 is 2.00 bits per heavy atom. The average Bonchev–Trinajstić information content (AvgIpc) is 2.40. The van der Waals surface area contributed by atoms with Crippen LogP contribution in [0.4, 0.5) is 5.69 Å². The van der Waals surface area contributed by atoms with Crippen molar-refractivity contribution in [3.8, 4) is 0 Å². The Bertz CT molecular complexity index is 428. The minimum atomic E-state index is 0.147. The highest BCUT2D eigenvalue weighted by atomic mass is 16.3. The Labute approximate surface area is 113 Å². The van der Waals surface area contributed by atoms with E-state index in [0.717, 1.165) is 31.7 Å². The maximum atomic E-state index is 12.2. The highest BCUT2D eigenvalue weighted by Crippen LogP contribution is 2.10. The fourth-order valence-corrected chi connectivity index (χ4v) is 2.35. The number of hydrogen-bond donors (Lipinski definition) is 2. The lowest BCUT2D eigenvalue weighted by Crippen LogP contribution is -2.49. The van der Waals surface area contributed by atoms with E-state index in [2.05, 4.69) is 4.90 Å². The van der Waals surface area contributed by atoms with Gasteiger partial charge in [-0.15, -0.1) is 0 Å². The molecule has 19 heavy (non-hydrogen) atoms. The van der Waals surface area contributed by atoms with E-state index in [1.807, 2.05) is 29.2 Å². The largest absolute Gasteiger partial charge is 0.399 e. The maximum absolute atomic E-state index is 12.2. The van der Waals surface area contributed by atoms with Crippen molar-refractivity contribution in [3.63, 3.8) is 0 Å². The number of piperazine rings is 1. The number of amides is 1. The molecule has 1 aliphatic rings. The first-order valence-corrected chi connectivity index (χ1v) is 6.64. The molecule has 1 heterocycles. The van der Waals surface area contributed by atoms with Crippen LogP contribution in [0.1, 0.15) is 5.56 Å². The highest BCUT2D eigenvalue weighted by Gasteiger charge is 2.20. The Balaban J connectivity index is 1.84. The van der Waals surface area contributed by atoms with Gasteiger partial charge in [0.25, 0.3) is 0 Å². The number of nitrogen functional groups attached to an aromatic ring is 1. The summed E-state index contributed by atoms with van der Waals surface area (Å²) in [6, 6.07) is 7.47. The lowest BCUT2D eigenvalue weighted by atomic mass is 10.1. The zero-order chi connectivity index (χ0) is 13.7. The van der Waals surface area contributed by atoms with Crippen LogP contribution in [0.25, 0.3) is 0 Å². The van der Waals surface area contributed by atoms with Gasteiger partial charge in [0, 0.05) is 38.4 Å². The minimum Gasteiger partial charge on any atom is -0.399 e. The number of carbonyl (C=O) groups excluding carboxylic acids is 1. The standard InChI is InChI=1S/C14H21N3O2/c15-13-3-1-2-12(10-13)11-14(19)17-6-4-16(5-7-17)8-9-18/h1-3,10,18H,4-9,11,15H2. The Hall–Kier alpha value is -1.59. The fourth-order valence-electron chi connectivity index (χ4n) is 2.35. The number of aliphatic hydroxyl groups is 1. The molecule has 0 radical (unpaired) electrons. The van der Waals surface area contributed by atoms with Crippen LogP contribution in [0.2, 0.25) is 0 Å². The average molecular weight is 263 g/mol. The topological polar surface area (TPSA) is 69.8 Å². The zero-order valence-corrected chi connectivity index (χ0v) is 11.1. The number of anilines is 1. The van der Waals surface area contributed by atoms with Crippen molar-refractivity contribution >= 4 is 11.6 Å². The van der Waals surface area contributed by atoms with Gasteiger partial charge in [0.05, 0.1) is 13.0 Å². The first-order chi connectivity index (χ1) is 9.19. The summed E-state index contributed by atoms with van der Waals surface area (Å²) in [7, 11) is 0. The molecule has 5 heteroatoms. The van der Waals surface area contributed by atoms with Crippen LogP contribution in [0.5, 0.6) is 0 Å². The van der Waals surface area contributed by atoms with Crippen LogP contribution in [0.15, 0.2) is 24.3 Å². The van der Waals surface area contributed by atoms with Crippen molar-refractivity contribution in [1.29, 1.82) is 0 Å². The van der Waals surface area contributed by atoms with Crippen LogP contribution in [0, 0.1) is 0 Å². The number of benzene rings is 1. The van der Waals surface area contributed by atoms with Crippen molar-refractivity contribution in [2.45, 2.75) is 6.42 Å². The second-order valence-electron chi connectivity index (χ2n) is 4.87. The van der Waals surface area contributed by atoms with Gasteiger partial charge in [-0.1, -0.05) is 12.1 Å². The number of nitrogens with two attached hydrogens (primary N) is 1. The van der Waals surface area contributed by atoms with Crippen LogP contribution < -0.4 is 5.73 Å². The van der Waals surface area contributed by atoms with Crippen molar-refractivity contribution < 1.29 is 9.90 Å². The van der Waals surface area contributed by atoms with E-state index in [0.29, 0.717) is 18.7 Å². The fraction of sp³-hybridized carbons (Fsp3) is 0.500. The molecule has 1 aliphatic heterocycles. The number of β-amino-alcohol motifs (C(OH)–C–C–N with tert-alkyl or cyclic N) is 1. The summed E-state index contributed by atoms with van der Waals surface area (Å²) >= 11 is 0. The normalized spacial score (nSPS) is 16.6. The molecule has 2 rings (SSSR count). The zero-order valence-electron chi connectivity index (χ0n) is 11.1.